The molecule has 1 aliphatic carbocycles. The highest BCUT2D eigenvalue weighted by atomic mass is 15.1. The van der Waals surface area contributed by atoms with Crippen LogP contribution in [0.3, 0.4) is 0 Å². The second-order valence-electron chi connectivity index (χ2n) is 3.42. The summed E-state index contributed by atoms with van der Waals surface area (Å²) in [6, 6.07) is 0. The summed E-state index contributed by atoms with van der Waals surface area (Å²) in [6.45, 7) is 1.07. The first-order chi connectivity index (χ1) is 5.41. The minimum atomic E-state index is 0.441. The van der Waals surface area contributed by atoms with Gasteiger partial charge in [-0.2, -0.15) is 0 Å². The van der Waals surface area contributed by atoms with Crippen molar-refractivity contribution in [3.8, 4) is 0 Å². The smallest absolute Gasteiger partial charge is 0.133 e. The van der Waals surface area contributed by atoms with Gasteiger partial charge >= 0.3 is 0 Å². The lowest BCUT2D eigenvalue weighted by Crippen LogP contribution is -2.08. The van der Waals surface area contributed by atoms with Crippen molar-refractivity contribution in [1.29, 1.82) is 0 Å². The summed E-state index contributed by atoms with van der Waals surface area (Å²) in [4.78, 5) is 8.21. The fourth-order valence-corrected chi connectivity index (χ4v) is 1.80. The van der Waals surface area contributed by atoms with E-state index in [1.165, 1.54) is 18.4 Å². The van der Waals surface area contributed by atoms with Crippen LogP contribution in [0.1, 0.15) is 18.4 Å². The Labute approximate surface area is 64.9 Å². The zero-order chi connectivity index (χ0) is 7.31. The SMILES string of the molecule is c1ncc2c(n1)NCC21CC1. The lowest BCUT2D eigenvalue weighted by Gasteiger charge is -2.01. The Balaban J connectivity index is 2.21. The fraction of sp³-hybridized carbons (Fsp3) is 0.500. The maximum atomic E-state index is 4.17. The average molecular weight is 147 g/mol. The van der Waals surface area contributed by atoms with Crippen LogP contribution in [0.4, 0.5) is 5.82 Å². The number of rotatable bonds is 0. The maximum Gasteiger partial charge on any atom is 0.133 e. The summed E-state index contributed by atoms with van der Waals surface area (Å²) in [5.74, 6) is 1.05. The van der Waals surface area contributed by atoms with E-state index in [-0.39, 0.29) is 0 Å². The van der Waals surface area contributed by atoms with Crippen molar-refractivity contribution in [3.05, 3.63) is 18.1 Å². The molecule has 2 aliphatic rings. The quantitative estimate of drug-likeness (QED) is 0.593. The van der Waals surface area contributed by atoms with Gasteiger partial charge in [-0.05, 0) is 12.8 Å². The minimum absolute atomic E-state index is 0.441. The van der Waals surface area contributed by atoms with Crippen molar-refractivity contribution in [2.75, 3.05) is 11.9 Å². The van der Waals surface area contributed by atoms with Gasteiger partial charge in [0.2, 0.25) is 0 Å². The van der Waals surface area contributed by atoms with Gasteiger partial charge in [0.1, 0.15) is 12.1 Å². The van der Waals surface area contributed by atoms with Gasteiger partial charge in [0.15, 0.2) is 0 Å². The summed E-state index contributed by atoms with van der Waals surface area (Å²) in [7, 11) is 0. The van der Waals surface area contributed by atoms with Crippen LogP contribution in [-0.4, -0.2) is 16.5 Å². The third-order valence-electron chi connectivity index (χ3n) is 2.73. The van der Waals surface area contributed by atoms with Gasteiger partial charge in [-0.25, -0.2) is 9.97 Å². The summed E-state index contributed by atoms with van der Waals surface area (Å²) in [5, 5.41) is 3.30. The first kappa shape index (κ1) is 5.52. The van der Waals surface area contributed by atoms with Crippen LogP contribution in [0.15, 0.2) is 12.5 Å². The highest BCUT2D eigenvalue weighted by Gasteiger charge is 2.49. The Kier molecular flexibility index (Phi) is 0.776. The second-order valence-corrected chi connectivity index (χ2v) is 3.42. The number of nitrogens with zero attached hydrogens (tertiary/aromatic N) is 2. The average Bonchev–Trinajstić information content (AvgIpc) is 2.72. The molecule has 0 atom stereocenters. The Bertz CT molecular complexity index is 304. The first-order valence-corrected chi connectivity index (χ1v) is 3.95. The molecule has 0 saturated heterocycles. The Hall–Kier alpha value is -1.12. The molecule has 0 bridgehead atoms. The Morgan fingerprint density at radius 1 is 1.45 bits per heavy atom. The van der Waals surface area contributed by atoms with Gasteiger partial charge in [0.25, 0.3) is 0 Å². The molecule has 3 heteroatoms. The first-order valence-electron chi connectivity index (χ1n) is 3.95. The molecule has 56 valence electrons. The van der Waals surface area contributed by atoms with Gasteiger partial charge in [-0.1, -0.05) is 0 Å². The fourth-order valence-electron chi connectivity index (χ4n) is 1.80. The van der Waals surface area contributed by atoms with E-state index in [1.54, 1.807) is 6.33 Å². The predicted molar refractivity (Wildman–Crippen MR) is 41.4 cm³/mol. The molecule has 1 aromatic heterocycles. The van der Waals surface area contributed by atoms with Crippen LogP contribution in [0.5, 0.6) is 0 Å². The van der Waals surface area contributed by atoms with Crippen molar-refractivity contribution in [1.82, 2.24) is 9.97 Å². The molecule has 0 unspecified atom stereocenters. The Morgan fingerprint density at radius 2 is 2.36 bits per heavy atom. The van der Waals surface area contributed by atoms with E-state index in [2.05, 4.69) is 15.3 Å². The molecule has 0 radical (unpaired) electrons. The highest BCUT2D eigenvalue weighted by Crippen LogP contribution is 2.53. The van der Waals surface area contributed by atoms with Gasteiger partial charge < -0.3 is 5.32 Å². The topological polar surface area (TPSA) is 37.8 Å². The van der Waals surface area contributed by atoms with Crippen LogP contribution in [0.25, 0.3) is 0 Å². The van der Waals surface area contributed by atoms with Gasteiger partial charge in [0, 0.05) is 23.7 Å². The van der Waals surface area contributed by atoms with Crippen LogP contribution in [0, 0.1) is 0 Å². The molecule has 11 heavy (non-hydrogen) atoms. The largest absolute Gasteiger partial charge is 0.369 e. The molecule has 1 spiro atoms. The monoisotopic (exact) mass is 147 g/mol. The Morgan fingerprint density at radius 3 is 3.18 bits per heavy atom. The van der Waals surface area contributed by atoms with E-state index in [9.17, 15) is 0 Å². The molecule has 1 saturated carbocycles. The number of hydrogen-bond acceptors (Lipinski definition) is 3. The van der Waals surface area contributed by atoms with Crippen molar-refractivity contribution in [3.63, 3.8) is 0 Å². The van der Waals surface area contributed by atoms with E-state index in [1.807, 2.05) is 6.20 Å². The number of aromatic nitrogens is 2. The van der Waals surface area contributed by atoms with Crippen molar-refractivity contribution in [2.24, 2.45) is 0 Å². The molecule has 2 heterocycles. The van der Waals surface area contributed by atoms with Crippen molar-refractivity contribution < 1.29 is 0 Å². The molecule has 3 nitrogen and oxygen atoms in total. The minimum Gasteiger partial charge on any atom is -0.369 e. The van der Waals surface area contributed by atoms with Gasteiger partial charge in [-0.3, -0.25) is 0 Å². The number of anilines is 1. The number of hydrogen-bond donors (Lipinski definition) is 1. The normalized spacial score (nSPS) is 22.9. The molecule has 0 amide bonds. The molecular formula is C8H9N3. The van der Waals surface area contributed by atoms with Crippen LogP contribution in [-0.2, 0) is 5.41 Å². The molecule has 1 fully saturated rings. The zero-order valence-electron chi connectivity index (χ0n) is 6.17. The molecule has 3 rings (SSSR count). The maximum absolute atomic E-state index is 4.17. The number of fused-ring (bicyclic) bond motifs is 2. The molecule has 1 aromatic rings. The molecule has 1 aliphatic heterocycles. The molecular weight excluding hydrogens is 138 g/mol. The zero-order valence-corrected chi connectivity index (χ0v) is 6.17. The van der Waals surface area contributed by atoms with E-state index >= 15 is 0 Å². The third-order valence-corrected chi connectivity index (χ3v) is 2.73. The third kappa shape index (κ3) is 0.582. The van der Waals surface area contributed by atoms with Gasteiger partial charge in [0.05, 0.1) is 0 Å². The van der Waals surface area contributed by atoms with E-state index in [0.29, 0.717) is 5.41 Å². The predicted octanol–water partition coefficient (Wildman–Crippen LogP) is 0.934. The van der Waals surface area contributed by atoms with Crippen molar-refractivity contribution in [2.45, 2.75) is 18.3 Å². The lowest BCUT2D eigenvalue weighted by molar-refractivity contribution is 0.773. The molecule has 0 aromatic carbocycles. The second kappa shape index (κ2) is 1.55. The summed E-state index contributed by atoms with van der Waals surface area (Å²) < 4.78 is 0. The lowest BCUT2D eigenvalue weighted by atomic mass is 10.0. The van der Waals surface area contributed by atoms with E-state index in [0.717, 1.165) is 12.4 Å². The summed E-state index contributed by atoms with van der Waals surface area (Å²) in [5.41, 5.74) is 1.77. The molecule has 1 N–H and O–H groups in total. The summed E-state index contributed by atoms with van der Waals surface area (Å²) in [6.07, 6.45) is 6.17. The van der Waals surface area contributed by atoms with E-state index < -0.39 is 0 Å². The van der Waals surface area contributed by atoms with Crippen LogP contribution < -0.4 is 5.32 Å². The highest BCUT2D eigenvalue weighted by molar-refractivity contribution is 5.56. The summed E-state index contributed by atoms with van der Waals surface area (Å²) >= 11 is 0. The standard InChI is InChI=1S/C8H9N3/c1-2-8(1)4-10-7-6(8)3-9-5-11-7/h3,5H,1-2,4H2,(H,9,10,11). The van der Waals surface area contributed by atoms with Crippen molar-refractivity contribution >= 4 is 5.82 Å². The van der Waals surface area contributed by atoms with Crippen LogP contribution >= 0.6 is 0 Å². The van der Waals surface area contributed by atoms with Crippen LogP contribution in [0.2, 0.25) is 0 Å². The van der Waals surface area contributed by atoms with E-state index in [4.69, 9.17) is 0 Å². The number of nitrogens with one attached hydrogen (secondary N) is 1. The van der Waals surface area contributed by atoms with Gasteiger partial charge in [-0.15, -0.1) is 0 Å².